The Morgan fingerprint density at radius 1 is 1.21 bits per heavy atom. The largest absolute Gasteiger partial charge is 0.368 e. The van der Waals surface area contributed by atoms with E-state index < -0.39 is 5.91 Å². The topological polar surface area (TPSA) is 89.4 Å². The second kappa shape index (κ2) is 6.89. The van der Waals surface area contributed by atoms with Gasteiger partial charge in [0, 0.05) is 18.5 Å². The number of primary amides is 1. The minimum Gasteiger partial charge on any atom is -0.368 e. The van der Waals surface area contributed by atoms with Crippen molar-refractivity contribution in [2.75, 3.05) is 13.1 Å². The molecule has 0 aromatic rings. The molecule has 0 heterocycles. The first-order valence-electron chi connectivity index (χ1n) is 7.17. The molecule has 1 rings (SSSR count). The fraction of sp³-hybridized carbons (Fsp3) is 0.857. The number of nitrogens with two attached hydrogens (primary N) is 2. The van der Waals surface area contributed by atoms with E-state index >= 15 is 0 Å². The summed E-state index contributed by atoms with van der Waals surface area (Å²) >= 11 is 0. The molecule has 1 aliphatic rings. The maximum atomic E-state index is 12.3. The Bertz CT molecular complexity index is 323. The number of hydrogen-bond donors (Lipinski definition) is 2. The van der Waals surface area contributed by atoms with Crippen LogP contribution in [0.1, 0.15) is 52.4 Å². The molecule has 0 atom stereocenters. The number of hydrogen-bond acceptors (Lipinski definition) is 3. The van der Waals surface area contributed by atoms with Crippen LogP contribution in [0.4, 0.5) is 0 Å². The van der Waals surface area contributed by atoms with Gasteiger partial charge in [0.05, 0.1) is 6.54 Å². The summed E-state index contributed by atoms with van der Waals surface area (Å²) in [5.74, 6) is -0.205. The summed E-state index contributed by atoms with van der Waals surface area (Å²) in [7, 11) is 0. The lowest BCUT2D eigenvalue weighted by molar-refractivity contribution is -0.137. The Labute approximate surface area is 115 Å². The lowest BCUT2D eigenvalue weighted by atomic mass is 9.80. The number of nitrogens with zero attached hydrogens (tertiary/aromatic N) is 1. The average Bonchev–Trinajstić information content (AvgIpc) is 2.27. The van der Waals surface area contributed by atoms with Gasteiger partial charge in [0.25, 0.3) is 0 Å². The van der Waals surface area contributed by atoms with Crippen molar-refractivity contribution in [1.82, 2.24) is 4.90 Å². The fourth-order valence-corrected chi connectivity index (χ4v) is 2.73. The summed E-state index contributed by atoms with van der Waals surface area (Å²) in [4.78, 5) is 24.9. The van der Waals surface area contributed by atoms with Crippen molar-refractivity contribution in [3.63, 3.8) is 0 Å². The third kappa shape index (κ3) is 5.59. The van der Waals surface area contributed by atoms with Crippen LogP contribution in [-0.2, 0) is 9.59 Å². The standard InChI is InChI=1S/C14H27N3O2/c1-11(2)9-17(10-12(15)18)13(19)8-14(16)6-4-3-5-7-14/h11H,3-10,16H2,1-2H3,(H2,15,18). The van der Waals surface area contributed by atoms with Gasteiger partial charge in [-0.15, -0.1) is 0 Å². The highest BCUT2D eigenvalue weighted by Gasteiger charge is 2.32. The van der Waals surface area contributed by atoms with Gasteiger partial charge in [0.15, 0.2) is 0 Å². The molecule has 5 heteroatoms. The van der Waals surface area contributed by atoms with Gasteiger partial charge in [0.1, 0.15) is 0 Å². The van der Waals surface area contributed by atoms with Gasteiger partial charge in [-0.05, 0) is 18.8 Å². The van der Waals surface area contributed by atoms with Gasteiger partial charge in [-0.3, -0.25) is 9.59 Å². The first kappa shape index (κ1) is 16.0. The van der Waals surface area contributed by atoms with Gasteiger partial charge in [0.2, 0.25) is 11.8 Å². The van der Waals surface area contributed by atoms with Crippen molar-refractivity contribution in [2.24, 2.45) is 17.4 Å². The molecule has 1 saturated carbocycles. The summed E-state index contributed by atoms with van der Waals surface area (Å²) < 4.78 is 0. The Hall–Kier alpha value is -1.10. The Balaban J connectivity index is 2.61. The third-order valence-corrected chi connectivity index (χ3v) is 3.64. The van der Waals surface area contributed by atoms with Crippen LogP contribution in [0.15, 0.2) is 0 Å². The molecule has 0 saturated heterocycles. The molecule has 0 unspecified atom stereocenters. The van der Waals surface area contributed by atoms with Crippen LogP contribution in [0.2, 0.25) is 0 Å². The van der Waals surface area contributed by atoms with Crippen LogP contribution in [0.3, 0.4) is 0 Å². The molecule has 19 heavy (non-hydrogen) atoms. The van der Waals surface area contributed by atoms with Crippen molar-refractivity contribution < 1.29 is 9.59 Å². The molecule has 4 N–H and O–H groups in total. The molecule has 0 aromatic heterocycles. The number of carbonyl (C=O) groups excluding carboxylic acids is 2. The number of carbonyl (C=O) groups is 2. The molecule has 110 valence electrons. The van der Waals surface area contributed by atoms with Crippen LogP contribution in [-0.4, -0.2) is 35.3 Å². The van der Waals surface area contributed by atoms with Gasteiger partial charge in [-0.1, -0.05) is 33.1 Å². The van der Waals surface area contributed by atoms with E-state index in [2.05, 4.69) is 0 Å². The third-order valence-electron chi connectivity index (χ3n) is 3.64. The summed E-state index contributed by atoms with van der Waals surface area (Å²) in [5, 5.41) is 0. The highest BCUT2D eigenvalue weighted by Crippen LogP contribution is 2.29. The van der Waals surface area contributed by atoms with Crippen LogP contribution >= 0.6 is 0 Å². The quantitative estimate of drug-likeness (QED) is 0.754. The summed E-state index contributed by atoms with van der Waals surface area (Å²) in [5.41, 5.74) is 11.1. The van der Waals surface area contributed by atoms with Crippen LogP contribution < -0.4 is 11.5 Å². The molecule has 2 amide bonds. The Morgan fingerprint density at radius 3 is 2.26 bits per heavy atom. The molecule has 5 nitrogen and oxygen atoms in total. The molecular formula is C14H27N3O2. The fourth-order valence-electron chi connectivity index (χ4n) is 2.73. The normalized spacial score (nSPS) is 18.3. The number of rotatable bonds is 6. The van der Waals surface area contributed by atoms with E-state index in [0.29, 0.717) is 18.9 Å². The van der Waals surface area contributed by atoms with Crippen molar-refractivity contribution in [3.8, 4) is 0 Å². The predicted octanol–water partition coefficient (Wildman–Crippen LogP) is 1.01. The van der Waals surface area contributed by atoms with E-state index in [1.807, 2.05) is 13.8 Å². The first-order valence-corrected chi connectivity index (χ1v) is 7.17. The minimum absolute atomic E-state index is 0.00685. The molecule has 0 aromatic carbocycles. The van der Waals surface area contributed by atoms with Gasteiger partial charge < -0.3 is 16.4 Å². The van der Waals surface area contributed by atoms with Crippen molar-refractivity contribution in [1.29, 1.82) is 0 Å². The monoisotopic (exact) mass is 269 g/mol. The summed E-state index contributed by atoms with van der Waals surface area (Å²) in [6.07, 6.45) is 5.49. The SMILES string of the molecule is CC(C)CN(CC(N)=O)C(=O)CC1(N)CCCCC1. The molecule has 1 fully saturated rings. The van der Waals surface area contributed by atoms with E-state index in [-0.39, 0.29) is 18.0 Å². The van der Waals surface area contributed by atoms with Crippen molar-refractivity contribution >= 4 is 11.8 Å². The molecule has 0 aliphatic heterocycles. The second-order valence-electron chi connectivity index (χ2n) is 6.23. The predicted molar refractivity (Wildman–Crippen MR) is 75.2 cm³/mol. The van der Waals surface area contributed by atoms with Crippen LogP contribution in [0, 0.1) is 5.92 Å². The Morgan fingerprint density at radius 2 is 1.79 bits per heavy atom. The van der Waals surface area contributed by atoms with Crippen LogP contribution in [0.5, 0.6) is 0 Å². The molecular weight excluding hydrogens is 242 g/mol. The maximum absolute atomic E-state index is 12.3. The zero-order valence-electron chi connectivity index (χ0n) is 12.2. The highest BCUT2D eigenvalue weighted by atomic mass is 16.2. The molecule has 0 spiro atoms. The molecule has 1 aliphatic carbocycles. The molecule has 0 radical (unpaired) electrons. The maximum Gasteiger partial charge on any atom is 0.237 e. The zero-order valence-corrected chi connectivity index (χ0v) is 12.2. The van der Waals surface area contributed by atoms with Gasteiger partial charge in [-0.25, -0.2) is 0 Å². The lowest BCUT2D eigenvalue weighted by Crippen LogP contribution is -2.49. The summed E-state index contributed by atoms with van der Waals surface area (Å²) in [6, 6.07) is 0. The minimum atomic E-state index is -0.469. The first-order chi connectivity index (χ1) is 8.82. The van der Waals surface area contributed by atoms with E-state index in [1.165, 1.54) is 6.42 Å². The van der Waals surface area contributed by atoms with E-state index in [1.54, 1.807) is 4.90 Å². The summed E-state index contributed by atoms with van der Waals surface area (Å²) in [6.45, 7) is 4.57. The van der Waals surface area contributed by atoms with E-state index in [9.17, 15) is 9.59 Å². The van der Waals surface area contributed by atoms with E-state index in [4.69, 9.17) is 11.5 Å². The lowest BCUT2D eigenvalue weighted by Gasteiger charge is -2.35. The van der Waals surface area contributed by atoms with Crippen molar-refractivity contribution in [2.45, 2.75) is 57.9 Å². The van der Waals surface area contributed by atoms with Gasteiger partial charge in [-0.2, -0.15) is 0 Å². The number of amides is 2. The average molecular weight is 269 g/mol. The van der Waals surface area contributed by atoms with Crippen molar-refractivity contribution in [3.05, 3.63) is 0 Å². The molecule has 0 bridgehead atoms. The van der Waals surface area contributed by atoms with Crippen LogP contribution in [0.25, 0.3) is 0 Å². The Kier molecular flexibility index (Phi) is 5.79. The highest BCUT2D eigenvalue weighted by molar-refractivity contribution is 5.84. The van der Waals surface area contributed by atoms with E-state index in [0.717, 1.165) is 25.7 Å². The smallest absolute Gasteiger partial charge is 0.237 e. The second-order valence-corrected chi connectivity index (χ2v) is 6.23. The van der Waals surface area contributed by atoms with Gasteiger partial charge >= 0.3 is 0 Å². The zero-order chi connectivity index (χ0) is 14.5.